The van der Waals surface area contributed by atoms with Gasteiger partial charge in [-0.3, -0.25) is 4.79 Å². The Morgan fingerprint density at radius 3 is 3.00 bits per heavy atom. The van der Waals surface area contributed by atoms with Gasteiger partial charge in [-0.25, -0.2) is 0 Å². The van der Waals surface area contributed by atoms with E-state index in [9.17, 15) is 9.90 Å². The molecule has 2 atom stereocenters. The van der Waals surface area contributed by atoms with Crippen LogP contribution in [0.1, 0.15) is 46.8 Å². The predicted molar refractivity (Wildman–Crippen MR) is 113 cm³/mol. The minimum absolute atomic E-state index is 0.0841. The molecule has 1 fully saturated rings. The second-order valence-corrected chi connectivity index (χ2v) is 9.02. The first-order valence-corrected chi connectivity index (χ1v) is 11.0. The number of ether oxygens (including phenoxy) is 3. The molecule has 0 aromatic heterocycles. The minimum atomic E-state index is -0.237. The lowest BCUT2D eigenvalue weighted by Crippen LogP contribution is -3.12. The van der Waals surface area contributed by atoms with E-state index in [1.807, 2.05) is 0 Å². The zero-order chi connectivity index (χ0) is 21.5. The highest BCUT2D eigenvalue weighted by Crippen LogP contribution is 2.40. The zero-order valence-corrected chi connectivity index (χ0v) is 18.1. The predicted octanol–water partition coefficient (Wildman–Crippen LogP) is 2.71. The number of carbonyl (C=O) groups excluding carboxylic acids is 1. The average Bonchev–Trinajstić information content (AvgIpc) is 3.06. The molecule has 5 rings (SSSR count). The van der Waals surface area contributed by atoms with E-state index in [4.69, 9.17) is 25.8 Å². The highest BCUT2D eigenvalue weighted by atomic mass is 35.5. The van der Waals surface area contributed by atoms with Crippen LogP contribution in [0.15, 0.2) is 30.0 Å². The molecular formula is C24H24ClNO5. The highest BCUT2D eigenvalue weighted by Gasteiger charge is 2.32. The van der Waals surface area contributed by atoms with Crippen molar-refractivity contribution in [2.75, 3.05) is 19.9 Å². The number of likely N-dealkylation sites (tertiary alicyclic amines) is 1. The Bertz CT molecular complexity index is 1080. The van der Waals surface area contributed by atoms with Gasteiger partial charge in [-0.15, -0.1) is 0 Å². The summed E-state index contributed by atoms with van der Waals surface area (Å²) in [6.07, 6.45) is 4.01. The first-order chi connectivity index (χ1) is 15.0. The Balaban J connectivity index is 1.49. The van der Waals surface area contributed by atoms with Gasteiger partial charge in [-0.2, -0.15) is 0 Å². The summed E-state index contributed by atoms with van der Waals surface area (Å²) in [5, 5.41) is 13.2. The van der Waals surface area contributed by atoms with Crippen molar-refractivity contribution in [2.45, 2.75) is 32.9 Å². The first-order valence-electron chi connectivity index (χ1n) is 10.6. The summed E-state index contributed by atoms with van der Waals surface area (Å²) >= 11 is 6.25. The van der Waals surface area contributed by atoms with Crippen LogP contribution in [0.4, 0.5) is 0 Å². The molecule has 7 heteroatoms. The third kappa shape index (κ3) is 3.91. The molecular weight excluding hydrogens is 418 g/mol. The number of nitrogens with one attached hydrogen (secondary N) is 1. The molecule has 1 saturated heterocycles. The first kappa shape index (κ1) is 20.4. The standard InChI is InChI=1S/C24H24ClNO5/c1-14-3-2-6-26(10-14)11-19-20(27)5-4-18-22(28)21(31-24(18)19)9-15-7-17(25)8-16-12-29-13-30-23(15)16/h4-5,7-9,14,27H,2-3,6,10-13H2,1H3. The zero-order valence-electron chi connectivity index (χ0n) is 17.3. The second-order valence-electron chi connectivity index (χ2n) is 8.58. The van der Waals surface area contributed by atoms with Crippen LogP contribution in [0, 0.1) is 5.92 Å². The highest BCUT2D eigenvalue weighted by molar-refractivity contribution is 6.31. The maximum absolute atomic E-state index is 13.1. The number of hydrogen-bond donors (Lipinski definition) is 1. The van der Waals surface area contributed by atoms with E-state index in [1.54, 1.807) is 24.3 Å². The molecule has 0 bridgehead atoms. The Hall–Kier alpha value is -2.54. The van der Waals surface area contributed by atoms with E-state index in [-0.39, 0.29) is 24.1 Å². The number of Topliss-reactive ketones (excluding diaryl/α,β-unsaturated/α-hetero) is 1. The van der Waals surface area contributed by atoms with Gasteiger partial charge in [-0.1, -0.05) is 30.3 Å². The SMILES string of the molecule is CC1CCC[NH+](Cc2c([O-])ccc3c2OC(=Cc2cc(Cl)cc4c2OCOC4)C3=O)C1. The van der Waals surface area contributed by atoms with Crippen LogP contribution in [-0.2, 0) is 17.9 Å². The van der Waals surface area contributed by atoms with Crippen LogP contribution in [-0.4, -0.2) is 25.7 Å². The Labute approximate surface area is 186 Å². The summed E-state index contributed by atoms with van der Waals surface area (Å²) in [6.45, 7) is 5.39. The van der Waals surface area contributed by atoms with Crippen LogP contribution in [0.25, 0.3) is 6.08 Å². The van der Waals surface area contributed by atoms with Gasteiger partial charge < -0.3 is 24.2 Å². The maximum Gasteiger partial charge on any atom is 0.231 e. The van der Waals surface area contributed by atoms with E-state index >= 15 is 0 Å². The Morgan fingerprint density at radius 2 is 2.16 bits per heavy atom. The number of ketones is 1. The maximum atomic E-state index is 13.1. The lowest BCUT2D eigenvalue weighted by Gasteiger charge is -2.29. The molecule has 2 aromatic rings. The smallest absolute Gasteiger partial charge is 0.231 e. The van der Waals surface area contributed by atoms with Crippen LogP contribution in [0.3, 0.4) is 0 Å². The summed E-state index contributed by atoms with van der Waals surface area (Å²) in [5.41, 5.74) is 2.49. The van der Waals surface area contributed by atoms with Gasteiger partial charge in [-0.05, 0) is 37.1 Å². The van der Waals surface area contributed by atoms with E-state index in [2.05, 4.69) is 6.92 Å². The summed E-state index contributed by atoms with van der Waals surface area (Å²) in [7, 11) is 0. The average molecular weight is 442 g/mol. The van der Waals surface area contributed by atoms with Crippen molar-refractivity contribution in [2.24, 2.45) is 5.92 Å². The van der Waals surface area contributed by atoms with Crippen LogP contribution in [0.2, 0.25) is 5.02 Å². The fourth-order valence-electron chi connectivity index (χ4n) is 4.72. The molecule has 0 radical (unpaired) electrons. The van der Waals surface area contributed by atoms with E-state index in [0.717, 1.165) is 25.1 Å². The number of fused-ring (bicyclic) bond motifs is 2. The molecule has 0 spiro atoms. The molecule has 3 heterocycles. The summed E-state index contributed by atoms with van der Waals surface area (Å²) in [6, 6.07) is 6.56. The van der Waals surface area contributed by atoms with Crippen molar-refractivity contribution in [3.8, 4) is 17.2 Å². The number of hydrogen-bond acceptors (Lipinski definition) is 5. The van der Waals surface area contributed by atoms with Gasteiger partial charge in [0.15, 0.2) is 12.6 Å². The molecule has 2 aromatic carbocycles. The fourth-order valence-corrected chi connectivity index (χ4v) is 4.97. The molecule has 3 aliphatic rings. The lowest BCUT2D eigenvalue weighted by atomic mass is 9.99. The van der Waals surface area contributed by atoms with Crippen molar-refractivity contribution in [3.63, 3.8) is 0 Å². The molecule has 2 unspecified atom stereocenters. The van der Waals surface area contributed by atoms with Gasteiger partial charge in [0.2, 0.25) is 5.78 Å². The van der Waals surface area contributed by atoms with Gasteiger partial charge in [0.25, 0.3) is 0 Å². The van der Waals surface area contributed by atoms with Crippen molar-refractivity contribution in [1.29, 1.82) is 0 Å². The van der Waals surface area contributed by atoms with E-state index < -0.39 is 0 Å². The number of benzene rings is 2. The lowest BCUT2D eigenvalue weighted by molar-refractivity contribution is -0.922. The number of carbonyl (C=O) groups is 1. The quantitative estimate of drug-likeness (QED) is 0.741. The summed E-state index contributed by atoms with van der Waals surface area (Å²) in [4.78, 5) is 14.4. The fraction of sp³-hybridized carbons (Fsp3) is 0.375. The number of piperidine rings is 1. The second kappa shape index (κ2) is 8.19. The van der Waals surface area contributed by atoms with Crippen LogP contribution >= 0.6 is 11.6 Å². The molecule has 162 valence electrons. The molecule has 0 saturated carbocycles. The van der Waals surface area contributed by atoms with Gasteiger partial charge >= 0.3 is 0 Å². The topological polar surface area (TPSA) is 72.3 Å². The number of halogens is 1. The number of quaternary nitrogens is 1. The van der Waals surface area contributed by atoms with Crippen molar-refractivity contribution in [3.05, 3.63) is 57.3 Å². The van der Waals surface area contributed by atoms with Crippen LogP contribution < -0.4 is 19.5 Å². The molecule has 31 heavy (non-hydrogen) atoms. The molecule has 0 aliphatic carbocycles. The summed E-state index contributed by atoms with van der Waals surface area (Å²) < 4.78 is 17.0. The van der Waals surface area contributed by atoms with Crippen molar-refractivity contribution >= 4 is 23.5 Å². The van der Waals surface area contributed by atoms with Gasteiger partial charge in [0.1, 0.15) is 18.0 Å². The van der Waals surface area contributed by atoms with Crippen molar-refractivity contribution < 1.29 is 29.0 Å². The number of rotatable bonds is 3. The monoisotopic (exact) mass is 441 g/mol. The number of allylic oxidation sites excluding steroid dienone is 1. The van der Waals surface area contributed by atoms with Gasteiger partial charge in [0, 0.05) is 27.6 Å². The van der Waals surface area contributed by atoms with E-state index in [1.165, 1.54) is 17.4 Å². The Morgan fingerprint density at radius 1 is 1.29 bits per heavy atom. The molecule has 1 N–H and O–H groups in total. The van der Waals surface area contributed by atoms with Crippen LogP contribution in [0.5, 0.6) is 17.2 Å². The molecule has 0 amide bonds. The van der Waals surface area contributed by atoms with Crippen molar-refractivity contribution in [1.82, 2.24) is 0 Å². The summed E-state index contributed by atoms with van der Waals surface area (Å²) in [5.74, 6) is 1.51. The normalized spacial score (nSPS) is 23.8. The third-order valence-electron chi connectivity index (χ3n) is 6.18. The minimum Gasteiger partial charge on any atom is -0.872 e. The Kier molecular flexibility index (Phi) is 5.38. The largest absolute Gasteiger partial charge is 0.872 e. The van der Waals surface area contributed by atoms with Gasteiger partial charge in [0.05, 0.1) is 25.3 Å². The molecule has 6 nitrogen and oxygen atoms in total. The molecule has 3 aliphatic heterocycles. The third-order valence-corrected chi connectivity index (χ3v) is 6.40. The van der Waals surface area contributed by atoms with E-state index in [0.29, 0.717) is 52.3 Å².